The van der Waals surface area contributed by atoms with Crippen LogP contribution in [0.25, 0.3) is 55.0 Å². The Hall–Kier alpha value is -6.59. The van der Waals surface area contributed by atoms with Crippen LogP contribution in [0.4, 0.5) is 0 Å². The molecule has 6 heteroatoms. The lowest BCUT2D eigenvalue weighted by Gasteiger charge is -2.34. The van der Waals surface area contributed by atoms with Crippen molar-refractivity contribution in [2.45, 2.75) is 19.6 Å². The molecule has 0 fully saturated rings. The van der Waals surface area contributed by atoms with Gasteiger partial charge in [0, 0.05) is 52.5 Å². The predicted octanol–water partition coefficient (Wildman–Crippen LogP) is 9.84. The van der Waals surface area contributed by atoms with Crippen molar-refractivity contribution in [3.63, 3.8) is 0 Å². The highest BCUT2D eigenvalue weighted by molar-refractivity contribution is 8.01. The second-order valence-electron chi connectivity index (χ2n) is 16.0. The van der Waals surface area contributed by atoms with Gasteiger partial charge in [-0.15, -0.1) is 0 Å². The lowest BCUT2D eigenvalue weighted by atomic mass is 9.33. The summed E-state index contributed by atoms with van der Waals surface area (Å²) in [5.74, 6) is 0. The zero-order chi connectivity index (χ0) is 39.3. The van der Waals surface area contributed by atoms with Crippen LogP contribution in [0.15, 0.2) is 226 Å². The summed E-state index contributed by atoms with van der Waals surface area (Å²) in [5.41, 5.74) is 15.4. The third-order valence-electron chi connectivity index (χ3n) is 12.8. The van der Waals surface area contributed by atoms with E-state index in [4.69, 9.17) is 0 Å². The highest BCUT2D eigenvalue weighted by Crippen LogP contribution is 2.39. The zero-order valence-corrected chi connectivity index (χ0v) is 34.1. The second-order valence-corrected chi connectivity index (χ2v) is 18.1. The molecule has 278 valence electrons. The van der Waals surface area contributed by atoms with Gasteiger partial charge in [0.1, 0.15) is 0 Å². The first-order valence-corrected chi connectivity index (χ1v) is 22.3. The van der Waals surface area contributed by atoms with Gasteiger partial charge in [0.05, 0.1) is 22.1 Å². The van der Waals surface area contributed by atoms with E-state index in [0.717, 1.165) is 0 Å². The summed E-state index contributed by atoms with van der Waals surface area (Å²) in [6.07, 6.45) is 0. The lowest BCUT2D eigenvalue weighted by Crippen LogP contribution is -2.61. The van der Waals surface area contributed by atoms with Crippen LogP contribution in [0, 0.1) is 0 Å². The Morgan fingerprint density at radius 3 is 1.55 bits per heavy atom. The van der Waals surface area contributed by atoms with E-state index >= 15 is 0 Å². The Kier molecular flexibility index (Phi) is 7.70. The van der Waals surface area contributed by atoms with Crippen molar-refractivity contribution in [1.82, 2.24) is 9.13 Å². The molecule has 9 aromatic carbocycles. The van der Waals surface area contributed by atoms with E-state index < -0.39 is 0 Å². The van der Waals surface area contributed by atoms with Crippen LogP contribution >= 0.6 is 23.5 Å². The molecule has 0 saturated heterocycles. The molecule has 2 nitrogen and oxygen atoms in total. The van der Waals surface area contributed by atoms with E-state index in [9.17, 15) is 0 Å². The van der Waals surface area contributed by atoms with Crippen molar-refractivity contribution < 1.29 is 0 Å². The highest BCUT2D eigenvalue weighted by Gasteiger charge is 2.39. The number of nitrogens with zero attached hydrogens (tertiary/aromatic N) is 2. The van der Waals surface area contributed by atoms with Gasteiger partial charge in [-0.05, 0) is 72.2 Å². The first-order chi connectivity index (χ1) is 29.8. The van der Waals surface area contributed by atoms with Crippen molar-refractivity contribution >= 4 is 113 Å². The molecule has 0 spiro atoms. The predicted molar refractivity (Wildman–Crippen MR) is 258 cm³/mol. The van der Waals surface area contributed by atoms with Gasteiger partial charge in [-0.25, -0.2) is 0 Å². The lowest BCUT2D eigenvalue weighted by molar-refractivity contribution is 1.17. The SMILES string of the molecule is c1ccc(B2c3ccccc3Sc3c2ccc2c3B(c3cccc(-n4c5ccccc5c5cc(-n6c7ccccc7c7ccccc76)ccc54)c3)c3ccccc3S2)cc1. The van der Waals surface area contributed by atoms with E-state index in [1.807, 2.05) is 23.5 Å². The van der Waals surface area contributed by atoms with Crippen LogP contribution in [0.2, 0.25) is 0 Å². The van der Waals surface area contributed by atoms with Crippen LogP contribution < -0.4 is 32.8 Å². The first-order valence-electron chi connectivity index (χ1n) is 20.7. The molecule has 11 aromatic rings. The minimum absolute atomic E-state index is 0.0662. The largest absolute Gasteiger partial charge is 0.309 e. The monoisotopic (exact) mass is 796 g/mol. The molecule has 2 aliphatic rings. The van der Waals surface area contributed by atoms with Crippen molar-refractivity contribution in [3.05, 3.63) is 206 Å². The molecule has 4 heterocycles. The zero-order valence-electron chi connectivity index (χ0n) is 32.5. The molecule has 2 aliphatic heterocycles. The van der Waals surface area contributed by atoms with Gasteiger partial charge in [-0.2, -0.15) is 0 Å². The van der Waals surface area contributed by atoms with E-state index in [2.05, 4.69) is 215 Å². The molecule has 0 atom stereocenters. The quantitative estimate of drug-likeness (QED) is 0.164. The minimum Gasteiger partial charge on any atom is -0.309 e. The van der Waals surface area contributed by atoms with E-state index in [0.29, 0.717) is 0 Å². The molecule has 0 unspecified atom stereocenters. The third-order valence-corrected chi connectivity index (χ3v) is 15.2. The smallest absolute Gasteiger partial charge is 0.245 e. The Morgan fingerprint density at radius 1 is 0.317 bits per heavy atom. The van der Waals surface area contributed by atoms with Crippen LogP contribution in [-0.4, -0.2) is 22.6 Å². The molecule has 0 saturated carbocycles. The van der Waals surface area contributed by atoms with Gasteiger partial charge >= 0.3 is 0 Å². The number of fused-ring (bicyclic) bond motifs is 11. The summed E-state index contributed by atoms with van der Waals surface area (Å²) < 4.78 is 4.90. The fourth-order valence-corrected chi connectivity index (χ4v) is 12.8. The van der Waals surface area contributed by atoms with Gasteiger partial charge in [0.2, 0.25) is 13.4 Å². The van der Waals surface area contributed by atoms with Crippen molar-refractivity contribution in [1.29, 1.82) is 0 Å². The Labute approximate surface area is 357 Å². The highest BCUT2D eigenvalue weighted by atomic mass is 32.2. The number of benzene rings is 9. The Morgan fingerprint density at radius 2 is 0.850 bits per heavy atom. The topological polar surface area (TPSA) is 9.86 Å². The van der Waals surface area contributed by atoms with Crippen LogP contribution in [0.5, 0.6) is 0 Å². The van der Waals surface area contributed by atoms with Crippen LogP contribution in [-0.2, 0) is 0 Å². The normalized spacial score (nSPS) is 13.1. The second kappa shape index (κ2) is 13.5. The van der Waals surface area contributed by atoms with Gasteiger partial charge in [-0.1, -0.05) is 190 Å². The van der Waals surface area contributed by atoms with E-state index in [-0.39, 0.29) is 13.4 Å². The number of rotatable bonds is 4. The molecule has 2 aromatic heterocycles. The van der Waals surface area contributed by atoms with Crippen LogP contribution in [0.1, 0.15) is 0 Å². The summed E-state index contributed by atoms with van der Waals surface area (Å²) >= 11 is 3.87. The van der Waals surface area contributed by atoms with E-state index in [1.165, 1.54) is 107 Å². The molecule has 60 heavy (non-hydrogen) atoms. The number of hydrogen-bond acceptors (Lipinski definition) is 2. The van der Waals surface area contributed by atoms with Gasteiger partial charge in [0.25, 0.3) is 0 Å². The maximum Gasteiger partial charge on any atom is 0.245 e. The van der Waals surface area contributed by atoms with Crippen molar-refractivity contribution in [2.75, 3.05) is 0 Å². The van der Waals surface area contributed by atoms with Crippen molar-refractivity contribution in [2.24, 2.45) is 0 Å². The summed E-state index contributed by atoms with van der Waals surface area (Å²) in [4.78, 5) is 5.41. The Balaban J connectivity index is 1.01. The summed E-state index contributed by atoms with van der Waals surface area (Å²) in [7, 11) is 0. The fraction of sp³-hybridized carbons (Fsp3) is 0. The number of hydrogen-bond donors (Lipinski definition) is 0. The van der Waals surface area contributed by atoms with Crippen LogP contribution in [0.3, 0.4) is 0 Å². The molecule has 0 aliphatic carbocycles. The first kappa shape index (κ1) is 34.3. The molecular weight excluding hydrogens is 762 g/mol. The molecule has 0 bridgehead atoms. The summed E-state index contributed by atoms with van der Waals surface area (Å²) in [6, 6.07) is 76.8. The third kappa shape index (κ3) is 5.08. The summed E-state index contributed by atoms with van der Waals surface area (Å²) in [6.45, 7) is 0.236. The summed E-state index contributed by atoms with van der Waals surface area (Å²) in [5, 5.41) is 5.05. The average molecular weight is 797 g/mol. The number of aromatic nitrogens is 2. The Bertz CT molecular complexity index is 3480. The maximum absolute atomic E-state index is 2.48. The maximum atomic E-state index is 2.48. The van der Waals surface area contributed by atoms with Gasteiger partial charge in [0.15, 0.2) is 0 Å². The molecule has 0 radical (unpaired) electrons. The molecule has 0 N–H and O–H groups in total. The standard InChI is InChI=1S/C54H34B2N2S2/c1-2-15-35(16-3-1)55-43-22-7-13-28-51(43)60-54-45(55)30-32-52-53(54)56(44-23-8-12-27-50(44)59-52)36-17-14-18-37(33-36)57-48-26-11-6-21-41(48)42-34-38(29-31-49(42)57)58-46-24-9-4-19-39(46)40-20-5-10-25-47(40)58/h1-34H. The minimum atomic E-state index is 0.0662. The number of para-hydroxylation sites is 3. The average Bonchev–Trinajstić information content (AvgIpc) is 3.83. The van der Waals surface area contributed by atoms with Gasteiger partial charge < -0.3 is 9.13 Å². The molecular formula is C54H34B2N2S2. The molecule has 0 amide bonds. The van der Waals surface area contributed by atoms with Crippen molar-refractivity contribution in [3.8, 4) is 11.4 Å². The fourth-order valence-electron chi connectivity index (χ4n) is 10.3. The van der Waals surface area contributed by atoms with E-state index in [1.54, 1.807) is 0 Å². The molecule has 13 rings (SSSR count). The van der Waals surface area contributed by atoms with Gasteiger partial charge in [-0.3, -0.25) is 0 Å².